The summed E-state index contributed by atoms with van der Waals surface area (Å²) < 4.78 is 57.0. The van der Waals surface area contributed by atoms with Crippen LogP contribution in [0.4, 0.5) is 9.57 Å². The number of hydrogen-bond donors (Lipinski definition) is 0. The molecule has 116 valence electrons. The van der Waals surface area contributed by atoms with Crippen molar-refractivity contribution in [3.8, 4) is 0 Å². The molecule has 1 aromatic rings. The zero-order valence-electron chi connectivity index (χ0n) is 11.2. The third-order valence-electron chi connectivity index (χ3n) is 3.20. The maximum Gasteiger partial charge on any atom is 0.302 e. The van der Waals surface area contributed by atoms with Crippen molar-refractivity contribution in [1.29, 1.82) is 0 Å². The minimum absolute atomic E-state index is 0.0508. The number of carbonyl (C=O) groups excluding carboxylic acids is 1. The fourth-order valence-electron chi connectivity index (χ4n) is 2.31. The first-order valence-electron chi connectivity index (χ1n) is 6.09. The average Bonchev–Trinajstić information content (AvgIpc) is 2.67. The third-order valence-corrected chi connectivity index (χ3v) is 5.18. The summed E-state index contributed by atoms with van der Waals surface area (Å²) in [6.45, 7) is 0.0508. The molecule has 0 aliphatic carbocycles. The highest BCUT2D eigenvalue weighted by Gasteiger charge is 2.33. The van der Waals surface area contributed by atoms with E-state index in [9.17, 15) is 25.5 Å². The van der Waals surface area contributed by atoms with Crippen LogP contribution in [0.15, 0.2) is 29.2 Å². The molecule has 0 bridgehead atoms. The fourth-order valence-corrected chi connectivity index (χ4v) is 3.75. The zero-order chi connectivity index (χ0) is 15.8. The van der Waals surface area contributed by atoms with Gasteiger partial charge in [-0.05, 0) is 18.2 Å². The van der Waals surface area contributed by atoms with Crippen LogP contribution in [0.1, 0.15) is 6.42 Å². The van der Waals surface area contributed by atoms with E-state index in [4.69, 9.17) is 0 Å². The van der Waals surface area contributed by atoms with Crippen molar-refractivity contribution in [2.45, 2.75) is 11.3 Å². The van der Waals surface area contributed by atoms with E-state index in [-0.39, 0.29) is 23.8 Å². The van der Waals surface area contributed by atoms with Crippen LogP contribution in [0.3, 0.4) is 0 Å². The van der Waals surface area contributed by atoms with Crippen LogP contribution in [0.5, 0.6) is 0 Å². The SMILES string of the molecule is CS(=O)(=O)c1cccc(N2CC(CS(=O)(=O)F)CC2=O)c1. The van der Waals surface area contributed by atoms with Crippen molar-refractivity contribution in [1.82, 2.24) is 0 Å². The van der Waals surface area contributed by atoms with Gasteiger partial charge >= 0.3 is 10.2 Å². The molecule has 0 saturated carbocycles. The van der Waals surface area contributed by atoms with Crippen molar-refractivity contribution in [3.63, 3.8) is 0 Å². The van der Waals surface area contributed by atoms with Crippen LogP contribution in [0.2, 0.25) is 0 Å². The van der Waals surface area contributed by atoms with Gasteiger partial charge in [-0.3, -0.25) is 4.79 Å². The van der Waals surface area contributed by atoms with Gasteiger partial charge in [0.15, 0.2) is 9.84 Å². The normalized spacial score (nSPS) is 20.0. The quantitative estimate of drug-likeness (QED) is 0.757. The molecule has 0 spiro atoms. The van der Waals surface area contributed by atoms with Gasteiger partial charge in [0, 0.05) is 30.8 Å². The minimum Gasteiger partial charge on any atom is -0.312 e. The summed E-state index contributed by atoms with van der Waals surface area (Å²) in [5, 5.41) is 0. The molecule has 1 aromatic carbocycles. The summed E-state index contributed by atoms with van der Waals surface area (Å²) >= 11 is 0. The molecule has 9 heteroatoms. The number of benzene rings is 1. The highest BCUT2D eigenvalue weighted by Crippen LogP contribution is 2.27. The Labute approximate surface area is 122 Å². The van der Waals surface area contributed by atoms with Crippen molar-refractivity contribution >= 4 is 31.7 Å². The minimum atomic E-state index is -4.64. The van der Waals surface area contributed by atoms with Gasteiger partial charge in [0.25, 0.3) is 0 Å². The molecular formula is C12H14FNO5S2. The second kappa shape index (κ2) is 5.38. The Kier molecular flexibility index (Phi) is 4.07. The standard InChI is InChI=1S/C12H14FNO5S2/c1-20(16,17)11-4-2-3-10(6-11)14-7-9(5-12(14)15)8-21(13,18)19/h2-4,6,9H,5,7-8H2,1H3. The van der Waals surface area contributed by atoms with E-state index < -0.39 is 31.7 Å². The van der Waals surface area contributed by atoms with Crippen LogP contribution in [0.25, 0.3) is 0 Å². The topological polar surface area (TPSA) is 88.6 Å². The van der Waals surface area contributed by atoms with Gasteiger partial charge in [-0.15, -0.1) is 3.89 Å². The lowest BCUT2D eigenvalue weighted by Gasteiger charge is -2.17. The Balaban J connectivity index is 2.25. The lowest BCUT2D eigenvalue weighted by molar-refractivity contribution is -0.117. The van der Waals surface area contributed by atoms with Gasteiger partial charge in [0.2, 0.25) is 5.91 Å². The number of nitrogens with zero attached hydrogens (tertiary/aromatic N) is 1. The maximum absolute atomic E-state index is 12.7. The summed E-state index contributed by atoms with van der Waals surface area (Å²) in [5.41, 5.74) is 0.363. The molecular weight excluding hydrogens is 321 g/mol. The molecule has 1 amide bonds. The predicted molar refractivity (Wildman–Crippen MR) is 74.9 cm³/mol. The fraction of sp³-hybridized carbons (Fsp3) is 0.417. The monoisotopic (exact) mass is 335 g/mol. The average molecular weight is 335 g/mol. The lowest BCUT2D eigenvalue weighted by Crippen LogP contribution is -2.25. The van der Waals surface area contributed by atoms with E-state index in [1.165, 1.54) is 23.1 Å². The first-order valence-corrected chi connectivity index (χ1v) is 9.53. The molecule has 1 aliphatic heterocycles. The summed E-state index contributed by atoms with van der Waals surface area (Å²) in [7, 11) is -8.05. The van der Waals surface area contributed by atoms with Crippen LogP contribution in [0, 0.1) is 5.92 Å². The van der Waals surface area contributed by atoms with Crippen LogP contribution < -0.4 is 4.90 Å². The largest absolute Gasteiger partial charge is 0.312 e. The highest BCUT2D eigenvalue weighted by atomic mass is 32.3. The molecule has 0 aromatic heterocycles. The first-order chi connectivity index (χ1) is 9.56. The highest BCUT2D eigenvalue weighted by molar-refractivity contribution is 7.90. The van der Waals surface area contributed by atoms with Gasteiger partial charge in [0.1, 0.15) is 0 Å². The maximum atomic E-state index is 12.7. The molecule has 2 rings (SSSR count). The summed E-state index contributed by atoms with van der Waals surface area (Å²) in [6, 6.07) is 5.81. The van der Waals surface area contributed by atoms with Gasteiger partial charge in [-0.1, -0.05) is 6.07 Å². The van der Waals surface area contributed by atoms with Crippen molar-refractivity contribution in [2.75, 3.05) is 23.5 Å². The molecule has 1 atom stereocenters. The van der Waals surface area contributed by atoms with Gasteiger partial charge in [-0.25, -0.2) is 8.42 Å². The van der Waals surface area contributed by atoms with Crippen molar-refractivity contribution < 1.29 is 25.5 Å². The number of carbonyl (C=O) groups is 1. The van der Waals surface area contributed by atoms with Gasteiger partial charge < -0.3 is 4.90 Å². The Morgan fingerprint density at radius 2 is 1.95 bits per heavy atom. The van der Waals surface area contributed by atoms with Crippen molar-refractivity contribution in [2.24, 2.45) is 5.92 Å². The van der Waals surface area contributed by atoms with E-state index in [0.29, 0.717) is 5.69 Å². The van der Waals surface area contributed by atoms with E-state index in [2.05, 4.69) is 0 Å². The van der Waals surface area contributed by atoms with E-state index >= 15 is 0 Å². The number of halogens is 1. The second-order valence-corrected chi connectivity index (χ2v) is 8.48. The van der Waals surface area contributed by atoms with E-state index in [0.717, 1.165) is 6.26 Å². The van der Waals surface area contributed by atoms with E-state index in [1.807, 2.05) is 0 Å². The molecule has 0 N–H and O–H groups in total. The predicted octanol–water partition coefficient (Wildman–Crippen LogP) is 0.742. The second-order valence-electron chi connectivity index (χ2n) is 5.05. The number of amides is 1. The smallest absolute Gasteiger partial charge is 0.302 e. The van der Waals surface area contributed by atoms with Gasteiger partial charge in [-0.2, -0.15) is 8.42 Å². The molecule has 1 fully saturated rings. The van der Waals surface area contributed by atoms with Crippen molar-refractivity contribution in [3.05, 3.63) is 24.3 Å². The molecule has 1 saturated heterocycles. The van der Waals surface area contributed by atoms with E-state index in [1.54, 1.807) is 6.07 Å². The first kappa shape index (κ1) is 15.9. The van der Waals surface area contributed by atoms with Gasteiger partial charge in [0.05, 0.1) is 10.6 Å². The van der Waals surface area contributed by atoms with Crippen LogP contribution >= 0.6 is 0 Å². The zero-order valence-corrected chi connectivity index (χ0v) is 12.8. The van der Waals surface area contributed by atoms with Crippen LogP contribution in [-0.4, -0.2) is 41.3 Å². The molecule has 21 heavy (non-hydrogen) atoms. The molecule has 1 unspecified atom stereocenters. The van der Waals surface area contributed by atoms with Crippen LogP contribution in [-0.2, 0) is 24.9 Å². The lowest BCUT2D eigenvalue weighted by atomic mass is 10.1. The number of rotatable bonds is 4. The summed E-state index contributed by atoms with van der Waals surface area (Å²) in [5.74, 6) is -1.69. The molecule has 0 radical (unpaired) electrons. The Bertz CT molecular complexity index is 773. The summed E-state index contributed by atoms with van der Waals surface area (Å²) in [6.07, 6.45) is 0.975. The Hall–Kier alpha value is -1.48. The number of hydrogen-bond acceptors (Lipinski definition) is 5. The molecule has 1 aliphatic rings. The Morgan fingerprint density at radius 1 is 1.29 bits per heavy atom. The number of sulfone groups is 1. The summed E-state index contributed by atoms with van der Waals surface area (Å²) in [4.78, 5) is 13.2. The Morgan fingerprint density at radius 3 is 2.52 bits per heavy atom. The molecule has 6 nitrogen and oxygen atoms in total. The molecule has 1 heterocycles. The number of anilines is 1. The third kappa shape index (κ3) is 4.01.